The van der Waals surface area contributed by atoms with Crippen molar-refractivity contribution in [2.24, 2.45) is 0 Å². The van der Waals surface area contributed by atoms with Crippen LogP contribution in [0.15, 0.2) is 24.3 Å². The molecular weight excluding hydrogens is 302 g/mol. The first-order chi connectivity index (χ1) is 11.7. The zero-order valence-corrected chi connectivity index (χ0v) is 13.8. The van der Waals surface area contributed by atoms with Gasteiger partial charge in [-0.05, 0) is 49.8 Å². The number of hydrogen-bond donors (Lipinski definition) is 1. The van der Waals surface area contributed by atoms with Gasteiger partial charge in [-0.25, -0.2) is 9.97 Å². The summed E-state index contributed by atoms with van der Waals surface area (Å²) in [4.78, 5) is 21.6. The number of amides is 1. The van der Waals surface area contributed by atoms with Crippen LogP contribution < -0.4 is 10.1 Å². The van der Waals surface area contributed by atoms with Crippen LogP contribution in [0.5, 0.6) is 5.75 Å². The number of aromatic nitrogens is 2. The fourth-order valence-electron chi connectivity index (χ4n) is 3.53. The third-order valence-electron chi connectivity index (χ3n) is 4.80. The number of nitrogens with one attached hydrogen (secondary N) is 1. The number of fused-ring (bicyclic) bond motifs is 2. The highest BCUT2D eigenvalue weighted by Crippen LogP contribution is 2.28. The molecule has 2 aliphatic rings. The molecule has 5 heteroatoms. The van der Waals surface area contributed by atoms with Gasteiger partial charge in [-0.2, -0.15) is 0 Å². The third-order valence-corrected chi connectivity index (χ3v) is 4.80. The van der Waals surface area contributed by atoms with Crippen molar-refractivity contribution in [3.05, 3.63) is 52.6 Å². The van der Waals surface area contributed by atoms with Gasteiger partial charge >= 0.3 is 0 Å². The van der Waals surface area contributed by atoms with Crippen molar-refractivity contribution >= 4 is 5.91 Å². The second kappa shape index (κ2) is 6.23. The summed E-state index contributed by atoms with van der Waals surface area (Å²) >= 11 is 0. The van der Waals surface area contributed by atoms with Crippen molar-refractivity contribution in [2.45, 2.75) is 51.7 Å². The lowest BCUT2D eigenvalue weighted by Crippen LogP contribution is -2.37. The Morgan fingerprint density at radius 1 is 1.25 bits per heavy atom. The van der Waals surface area contributed by atoms with Gasteiger partial charge < -0.3 is 10.1 Å². The fraction of sp³-hybridized carbons (Fsp3) is 0.421. The summed E-state index contributed by atoms with van der Waals surface area (Å²) in [6, 6.07) is 7.78. The molecule has 1 aliphatic carbocycles. The predicted molar refractivity (Wildman–Crippen MR) is 89.8 cm³/mol. The van der Waals surface area contributed by atoms with Gasteiger partial charge in [0.05, 0.1) is 6.54 Å². The highest BCUT2D eigenvalue weighted by molar-refractivity contribution is 5.82. The van der Waals surface area contributed by atoms with E-state index >= 15 is 0 Å². The summed E-state index contributed by atoms with van der Waals surface area (Å²) in [6.45, 7) is 2.39. The fourth-order valence-corrected chi connectivity index (χ4v) is 3.53. The van der Waals surface area contributed by atoms with Crippen molar-refractivity contribution in [1.82, 2.24) is 15.3 Å². The Balaban J connectivity index is 1.41. The highest BCUT2D eigenvalue weighted by Gasteiger charge is 2.28. The van der Waals surface area contributed by atoms with Crippen LogP contribution >= 0.6 is 0 Å². The zero-order chi connectivity index (χ0) is 16.5. The van der Waals surface area contributed by atoms with E-state index in [0.717, 1.165) is 35.5 Å². The van der Waals surface area contributed by atoms with Gasteiger partial charge in [-0.1, -0.05) is 18.2 Å². The van der Waals surface area contributed by atoms with Gasteiger partial charge in [0.1, 0.15) is 11.6 Å². The molecule has 2 heterocycles. The maximum Gasteiger partial charge on any atom is 0.261 e. The maximum absolute atomic E-state index is 12.4. The summed E-state index contributed by atoms with van der Waals surface area (Å²) in [6.07, 6.45) is 4.64. The Hall–Kier alpha value is -2.43. The van der Waals surface area contributed by atoms with Gasteiger partial charge in [-0.15, -0.1) is 0 Å². The van der Waals surface area contributed by atoms with E-state index in [9.17, 15) is 4.79 Å². The average molecular weight is 323 g/mol. The molecule has 1 aromatic carbocycles. The molecule has 124 valence electrons. The minimum Gasteiger partial charge on any atom is -0.480 e. The number of benzene rings is 1. The predicted octanol–water partition coefficient (Wildman–Crippen LogP) is 2.28. The van der Waals surface area contributed by atoms with E-state index in [-0.39, 0.29) is 5.91 Å². The first kappa shape index (κ1) is 15.1. The maximum atomic E-state index is 12.4. The molecule has 1 aliphatic heterocycles. The van der Waals surface area contributed by atoms with Crippen molar-refractivity contribution in [2.75, 3.05) is 0 Å². The molecule has 0 saturated heterocycles. The van der Waals surface area contributed by atoms with E-state index in [1.54, 1.807) is 0 Å². The first-order valence-electron chi connectivity index (χ1n) is 8.58. The van der Waals surface area contributed by atoms with Crippen LogP contribution in [0.25, 0.3) is 0 Å². The highest BCUT2D eigenvalue weighted by atomic mass is 16.5. The zero-order valence-electron chi connectivity index (χ0n) is 13.8. The number of carbonyl (C=O) groups excluding carboxylic acids is 1. The van der Waals surface area contributed by atoms with Crippen molar-refractivity contribution in [3.63, 3.8) is 0 Å². The molecule has 1 N–H and O–H groups in total. The van der Waals surface area contributed by atoms with Crippen LogP contribution in [0, 0.1) is 6.92 Å². The van der Waals surface area contributed by atoms with Crippen LogP contribution in [-0.4, -0.2) is 22.0 Å². The topological polar surface area (TPSA) is 64.1 Å². The Bertz CT molecular complexity index is 763. The van der Waals surface area contributed by atoms with Gasteiger partial charge in [0.15, 0.2) is 6.10 Å². The Kier molecular flexibility index (Phi) is 3.92. The Labute approximate surface area is 141 Å². The average Bonchev–Trinajstić information content (AvgIpc) is 3.04. The van der Waals surface area contributed by atoms with E-state index in [1.165, 1.54) is 18.4 Å². The second-order valence-corrected chi connectivity index (χ2v) is 6.49. The van der Waals surface area contributed by atoms with E-state index < -0.39 is 6.10 Å². The Morgan fingerprint density at radius 2 is 2.08 bits per heavy atom. The van der Waals surface area contributed by atoms with Crippen LogP contribution in [0.3, 0.4) is 0 Å². The molecule has 5 nitrogen and oxygen atoms in total. The number of hydrogen-bond acceptors (Lipinski definition) is 4. The van der Waals surface area contributed by atoms with Crippen molar-refractivity contribution in [1.29, 1.82) is 0 Å². The van der Waals surface area contributed by atoms with Crippen LogP contribution in [-0.2, 0) is 30.6 Å². The van der Waals surface area contributed by atoms with Crippen molar-refractivity contribution in [3.8, 4) is 5.75 Å². The van der Waals surface area contributed by atoms with E-state index in [2.05, 4.69) is 15.3 Å². The first-order valence-corrected chi connectivity index (χ1v) is 8.58. The largest absolute Gasteiger partial charge is 0.480 e. The lowest BCUT2D eigenvalue weighted by atomic mass is 9.95. The van der Waals surface area contributed by atoms with Gasteiger partial charge in [0.2, 0.25) is 0 Å². The molecule has 1 aromatic heterocycles. The minimum atomic E-state index is -0.457. The number of rotatable bonds is 3. The summed E-state index contributed by atoms with van der Waals surface area (Å²) in [5, 5.41) is 2.92. The number of nitrogens with zero attached hydrogens (tertiary/aromatic N) is 2. The van der Waals surface area contributed by atoms with E-state index in [0.29, 0.717) is 18.8 Å². The molecule has 1 amide bonds. The van der Waals surface area contributed by atoms with Crippen molar-refractivity contribution < 1.29 is 9.53 Å². The molecule has 0 radical (unpaired) electrons. The lowest BCUT2D eigenvalue weighted by molar-refractivity contribution is -0.127. The van der Waals surface area contributed by atoms with Crippen LogP contribution in [0.1, 0.15) is 41.2 Å². The van der Waals surface area contributed by atoms with Gasteiger partial charge in [0.25, 0.3) is 5.91 Å². The molecule has 0 unspecified atom stereocenters. The summed E-state index contributed by atoms with van der Waals surface area (Å²) in [5.74, 6) is 1.39. The Morgan fingerprint density at radius 3 is 2.96 bits per heavy atom. The van der Waals surface area contributed by atoms with E-state index in [1.807, 2.05) is 31.2 Å². The number of carbonyl (C=O) groups is 1. The molecule has 4 rings (SSSR count). The smallest absolute Gasteiger partial charge is 0.261 e. The molecule has 0 spiro atoms. The van der Waals surface area contributed by atoms with Gasteiger partial charge in [-0.3, -0.25) is 4.79 Å². The van der Waals surface area contributed by atoms with Crippen LogP contribution in [0.2, 0.25) is 0 Å². The lowest BCUT2D eigenvalue weighted by Gasteiger charge is -2.18. The monoisotopic (exact) mass is 323 g/mol. The van der Waals surface area contributed by atoms with Crippen LogP contribution in [0.4, 0.5) is 0 Å². The third kappa shape index (κ3) is 2.86. The molecule has 0 bridgehead atoms. The minimum absolute atomic E-state index is 0.106. The quantitative estimate of drug-likeness (QED) is 0.941. The van der Waals surface area contributed by atoms with Gasteiger partial charge in [0, 0.05) is 17.8 Å². The SMILES string of the molecule is Cc1nc(CNC(=O)[C@@H]2Cc3ccccc3O2)nc2c1CCCC2. The molecule has 0 fully saturated rings. The molecule has 1 atom stereocenters. The number of aryl methyl sites for hydroxylation is 2. The molecule has 24 heavy (non-hydrogen) atoms. The standard InChI is InChI=1S/C19H21N3O2/c1-12-14-7-3-4-8-15(14)22-18(21-12)11-20-19(23)17-10-13-6-2-5-9-16(13)24-17/h2,5-6,9,17H,3-4,7-8,10-11H2,1H3,(H,20,23)/t17-/m0/s1. The van der Waals surface area contributed by atoms with E-state index in [4.69, 9.17) is 4.74 Å². The molecule has 2 aromatic rings. The molecule has 0 saturated carbocycles. The summed E-state index contributed by atoms with van der Waals surface area (Å²) < 4.78 is 5.72. The summed E-state index contributed by atoms with van der Waals surface area (Å²) in [7, 11) is 0. The second-order valence-electron chi connectivity index (χ2n) is 6.49. The summed E-state index contributed by atoms with van der Waals surface area (Å²) in [5.41, 5.74) is 4.58. The number of para-hydroxylation sites is 1. The molecular formula is C19H21N3O2. The normalized spacial score (nSPS) is 18.5. The number of ether oxygens (including phenoxy) is 1.